The van der Waals surface area contributed by atoms with Crippen molar-refractivity contribution in [2.24, 2.45) is 0 Å². The van der Waals surface area contributed by atoms with Crippen molar-refractivity contribution in [3.05, 3.63) is 194 Å². The zero-order valence-corrected chi connectivity index (χ0v) is 29.5. The van der Waals surface area contributed by atoms with E-state index >= 15 is 0 Å². The van der Waals surface area contributed by atoms with E-state index in [0.29, 0.717) is 0 Å². The summed E-state index contributed by atoms with van der Waals surface area (Å²) in [5, 5.41) is 20.6. The molecule has 0 radical (unpaired) electrons. The number of benzene rings is 12. The van der Waals surface area contributed by atoms with Crippen molar-refractivity contribution >= 4 is 86.2 Å². The first-order valence-electron chi connectivity index (χ1n) is 18.8. The van der Waals surface area contributed by atoms with Crippen LogP contribution in [0.3, 0.4) is 0 Å². The zero-order valence-electron chi connectivity index (χ0n) is 29.5. The normalized spacial score (nSPS) is 12.1. The molecule has 0 aliphatic carbocycles. The first-order valence-corrected chi connectivity index (χ1v) is 18.8. The second kappa shape index (κ2) is 11.2. The molecule has 0 saturated heterocycles. The molecule has 248 valence electrons. The van der Waals surface area contributed by atoms with E-state index < -0.39 is 0 Å². The van der Waals surface area contributed by atoms with Gasteiger partial charge in [0.2, 0.25) is 0 Å². The van der Waals surface area contributed by atoms with E-state index in [4.69, 9.17) is 0 Å². The van der Waals surface area contributed by atoms with Crippen LogP contribution in [0, 0.1) is 0 Å². The van der Waals surface area contributed by atoms with Crippen LogP contribution in [0.15, 0.2) is 194 Å². The Labute approximate surface area is 312 Å². The molecule has 12 aromatic carbocycles. The largest absolute Gasteiger partial charge is 0.0616 e. The highest BCUT2D eigenvalue weighted by Crippen LogP contribution is 2.47. The molecule has 0 unspecified atom stereocenters. The standard InChI is InChI=1S/C54H32/c1-3-11-36-29-38(19-17-33(36)9-1)41-24-21-35-22-26-48-50(39-20-18-34-10-2-4-12-37(34)30-39)32-51(49-28-27-47(41)53(35)54(48)49)40-23-25-46-44-15-6-5-13-42(44)43-14-7-8-16-45(43)52(46)31-40/h1-32H. The number of rotatable bonds is 3. The van der Waals surface area contributed by atoms with Gasteiger partial charge >= 0.3 is 0 Å². The van der Waals surface area contributed by atoms with Gasteiger partial charge in [-0.25, -0.2) is 0 Å². The fourth-order valence-corrected chi connectivity index (χ4v) is 9.42. The van der Waals surface area contributed by atoms with E-state index in [2.05, 4.69) is 194 Å². The highest BCUT2D eigenvalue weighted by molar-refractivity contribution is 6.31. The van der Waals surface area contributed by atoms with E-state index in [-0.39, 0.29) is 0 Å². The van der Waals surface area contributed by atoms with Crippen molar-refractivity contribution < 1.29 is 0 Å². The molecule has 0 aromatic heterocycles. The Kier molecular flexibility index (Phi) is 6.15. The lowest BCUT2D eigenvalue weighted by atomic mass is 9.83. The van der Waals surface area contributed by atoms with Crippen molar-refractivity contribution in [2.75, 3.05) is 0 Å². The van der Waals surface area contributed by atoms with Crippen LogP contribution in [0.2, 0.25) is 0 Å². The third-order valence-corrected chi connectivity index (χ3v) is 12.0. The SMILES string of the molecule is c1ccc2cc(-c3ccc4ccc5c(-c6ccc7ccccc7c6)cc(-c6ccc7c8ccccc8c8ccccc8c7c6)c6ccc3c4c56)ccc2c1. The predicted octanol–water partition coefficient (Wildman–Crippen LogP) is 15.4. The number of hydrogen-bond acceptors (Lipinski definition) is 0. The van der Waals surface area contributed by atoms with Crippen LogP contribution in [0.1, 0.15) is 0 Å². The average molecular weight is 681 g/mol. The van der Waals surface area contributed by atoms with Crippen LogP contribution in [0.5, 0.6) is 0 Å². The quantitative estimate of drug-likeness (QED) is 0.163. The minimum atomic E-state index is 1.23. The maximum atomic E-state index is 2.46. The third-order valence-electron chi connectivity index (χ3n) is 12.0. The molecule has 0 atom stereocenters. The molecule has 0 amide bonds. The topological polar surface area (TPSA) is 0 Å². The molecule has 0 heteroatoms. The predicted molar refractivity (Wildman–Crippen MR) is 234 cm³/mol. The average Bonchev–Trinajstić information content (AvgIpc) is 3.25. The molecule has 0 bridgehead atoms. The van der Waals surface area contributed by atoms with Crippen molar-refractivity contribution in [3.63, 3.8) is 0 Å². The molecule has 0 heterocycles. The summed E-state index contributed by atoms with van der Waals surface area (Å²) < 4.78 is 0. The maximum absolute atomic E-state index is 2.46. The lowest BCUT2D eigenvalue weighted by molar-refractivity contribution is 1.67. The Hall–Kier alpha value is -7.02. The van der Waals surface area contributed by atoms with Gasteiger partial charge in [0.05, 0.1) is 0 Å². The smallest absolute Gasteiger partial charge is 0.00141 e. The van der Waals surface area contributed by atoms with Crippen LogP contribution in [-0.4, -0.2) is 0 Å². The van der Waals surface area contributed by atoms with Crippen molar-refractivity contribution in [3.8, 4) is 33.4 Å². The van der Waals surface area contributed by atoms with Crippen LogP contribution in [0.25, 0.3) is 120 Å². The van der Waals surface area contributed by atoms with Gasteiger partial charge in [0.1, 0.15) is 0 Å². The van der Waals surface area contributed by atoms with Crippen molar-refractivity contribution in [1.82, 2.24) is 0 Å². The van der Waals surface area contributed by atoms with Gasteiger partial charge in [-0.15, -0.1) is 0 Å². The monoisotopic (exact) mass is 680 g/mol. The Balaban J connectivity index is 1.19. The van der Waals surface area contributed by atoms with E-state index in [1.807, 2.05) is 0 Å². The van der Waals surface area contributed by atoms with Gasteiger partial charge < -0.3 is 0 Å². The first kappa shape index (κ1) is 29.5. The van der Waals surface area contributed by atoms with Gasteiger partial charge in [-0.3, -0.25) is 0 Å². The maximum Gasteiger partial charge on any atom is -0.00141 e. The molecule has 0 N–H and O–H groups in total. The summed E-state index contributed by atoms with van der Waals surface area (Å²) >= 11 is 0. The Morgan fingerprint density at radius 1 is 0.185 bits per heavy atom. The molecule has 12 aromatic rings. The molecule has 54 heavy (non-hydrogen) atoms. The second-order valence-electron chi connectivity index (χ2n) is 14.8. The first-order chi connectivity index (χ1) is 26.8. The summed E-state index contributed by atoms with van der Waals surface area (Å²) in [4.78, 5) is 0. The van der Waals surface area contributed by atoms with E-state index in [0.717, 1.165) is 0 Å². The van der Waals surface area contributed by atoms with E-state index in [9.17, 15) is 0 Å². The Bertz CT molecular complexity index is 3460. The summed E-state index contributed by atoms with van der Waals surface area (Å²) in [7, 11) is 0. The summed E-state index contributed by atoms with van der Waals surface area (Å²) in [5.41, 5.74) is 7.50. The van der Waals surface area contributed by atoms with Gasteiger partial charge in [0.25, 0.3) is 0 Å². The molecule has 0 fully saturated rings. The van der Waals surface area contributed by atoms with Gasteiger partial charge in [-0.2, -0.15) is 0 Å². The molecule has 12 rings (SSSR count). The minimum absolute atomic E-state index is 1.23. The highest BCUT2D eigenvalue weighted by Gasteiger charge is 2.20. The van der Waals surface area contributed by atoms with E-state index in [1.165, 1.54) is 120 Å². The van der Waals surface area contributed by atoms with Crippen LogP contribution in [-0.2, 0) is 0 Å². The molecule has 0 nitrogen and oxygen atoms in total. The lowest BCUT2D eigenvalue weighted by Crippen LogP contribution is -1.93. The van der Waals surface area contributed by atoms with Crippen LogP contribution in [0.4, 0.5) is 0 Å². The minimum Gasteiger partial charge on any atom is -0.0616 e. The number of fused-ring (bicyclic) bond motifs is 8. The molecular weight excluding hydrogens is 649 g/mol. The molecule has 0 spiro atoms. The van der Waals surface area contributed by atoms with Gasteiger partial charge in [-0.05, 0) is 144 Å². The highest BCUT2D eigenvalue weighted by atomic mass is 14.2. The fraction of sp³-hybridized carbons (Fsp3) is 0. The third kappa shape index (κ3) is 4.26. The van der Waals surface area contributed by atoms with Crippen molar-refractivity contribution in [2.45, 2.75) is 0 Å². The molecule has 0 aliphatic rings. The van der Waals surface area contributed by atoms with E-state index in [1.54, 1.807) is 0 Å². The Morgan fingerprint density at radius 2 is 0.574 bits per heavy atom. The van der Waals surface area contributed by atoms with Crippen LogP contribution < -0.4 is 0 Å². The Morgan fingerprint density at radius 3 is 1.19 bits per heavy atom. The lowest BCUT2D eigenvalue weighted by Gasteiger charge is -2.20. The molecular formula is C54H32. The summed E-state index contributed by atoms with van der Waals surface area (Å²) in [6, 6.07) is 72.6. The van der Waals surface area contributed by atoms with Gasteiger partial charge in [0.15, 0.2) is 0 Å². The fourth-order valence-electron chi connectivity index (χ4n) is 9.42. The van der Waals surface area contributed by atoms with Crippen molar-refractivity contribution in [1.29, 1.82) is 0 Å². The summed E-state index contributed by atoms with van der Waals surface area (Å²) in [6.07, 6.45) is 0. The summed E-state index contributed by atoms with van der Waals surface area (Å²) in [5.74, 6) is 0. The van der Waals surface area contributed by atoms with Gasteiger partial charge in [-0.1, -0.05) is 170 Å². The zero-order chi connectivity index (χ0) is 35.3. The second-order valence-corrected chi connectivity index (χ2v) is 14.8. The summed E-state index contributed by atoms with van der Waals surface area (Å²) in [6.45, 7) is 0. The molecule has 0 saturated carbocycles. The van der Waals surface area contributed by atoms with Gasteiger partial charge in [0, 0.05) is 0 Å². The molecule has 0 aliphatic heterocycles. The van der Waals surface area contributed by atoms with Crippen LogP contribution >= 0.6 is 0 Å². The number of hydrogen-bond donors (Lipinski definition) is 0.